The number of aryl methyl sites for hydroxylation is 1. The van der Waals surface area contributed by atoms with Gasteiger partial charge < -0.3 is 10.3 Å². The maximum absolute atomic E-state index is 12.1. The number of rotatable bonds is 4. The third-order valence-corrected chi connectivity index (χ3v) is 3.43. The molecule has 0 bridgehead atoms. The molecule has 2 rings (SSSR count). The molecule has 0 unspecified atom stereocenters. The molecule has 0 saturated heterocycles. The van der Waals surface area contributed by atoms with Crippen LogP contribution in [0.1, 0.15) is 29.8 Å². The molecule has 0 atom stereocenters. The zero-order valence-corrected chi connectivity index (χ0v) is 11.6. The number of H-pyrrole nitrogens is 1. The quantitative estimate of drug-likeness (QED) is 0.832. The maximum Gasteiger partial charge on any atom is 0.178 e. The van der Waals surface area contributed by atoms with Gasteiger partial charge in [0, 0.05) is 28.2 Å². The SMILES string of the molecule is Cc1c(Cl)ccc2c(C(=O)CNC(C)C)c[nH]c12. The lowest BCUT2D eigenvalue weighted by Gasteiger charge is -2.06. The van der Waals surface area contributed by atoms with Crippen molar-refractivity contribution in [1.29, 1.82) is 0 Å². The van der Waals surface area contributed by atoms with Crippen LogP contribution in [-0.2, 0) is 0 Å². The first-order valence-corrected chi connectivity index (χ1v) is 6.41. The number of hydrogen-bond acceptors (Lipinski definition) is 2. The number of halogens is 1. The van der Waals surface area contributed by atoms with E-state index in [0.29, 0.717) is 17.6 Å². The highest BCUT2D eigenvalue weighted by Gasteiger charge is 2.14. The van der Waals surface area contributed by atoms with E-state index in [-0.39, 0.29) is 5.78 Å². The van der Waals surface area contributed by atoms with Gasteiger partial charge in [0.15, 0.2) is 5.78 Å². The van der Waals surface area contributed by atoms with Crippen LogP contribution in [0.15, 0.2) is 18.3 Å². The molecule has 3 nitrogen and oxygen atoms in total. The monoisotopic (exact) mass is 264 g/mol. The second kappa shape index (κ2) is 5.12. The van der Waals surface area contributed by atoms with Gasteiger partial charge >= 0.3 is 0 Å². The molecule has 1 aromatic carbocycles. The molecule has 1 heterocycles. The van der Waals surface area contributed by atoms with Gasteiger partial charge in [-0.2, -0.15) is 0 Å². The Morgan fingerprint density at radius 2 is 2.17 bits per heavy atom. The van der Waals surface area contributed by atoms with Crippen LogP contribution in [0.4, 0.5) is 0 Å². The summed E-state index contributed by atoms with van der Waals surface area (Å²) in [5, 5.41) is 4.78. The number of ketones is 1. The van der Waals surface area contributed by atoms with Crippen LogP contribution < -0.4 is 5.32 Å². The average Bonchev–Trinajstić information content (AvgIpc) is 2.75. The molecule has 0 fully saturated rings. The third-order valence-electron chi connectivity index (χ3n) is 3.02. The van der Waals surface area contributed by atoms with Crippen molar-refractivity contribution < 1.29 is 4.79 Å². The van der Waals surface area contributed by atoms with Gasteiger partial charge in [-0.15, -0.1) is 0 Å². The van der Waals surface area contributed by atoms with Crippen molar-refractivity contribution >= 4 is 28.3 Å². The van der Waals surface area contributed by atoms with E-state index in [1.165, 1.54) is 0 Å². The topological polar surface area (TPSA) is 44.9 Å². The highest BCUT2D eigenvalue weighted by atomic mass is 35.5. The van der Waals surface area contributed by atoms with Gasteiger partial charge in [0.2, 0.25) is 0 Å². The molecule has 0 saturated carbocycles. The number of carbonyl (C=O) groups is 1. The summed E-state index contributed by atoms with van der Waals surface area (Å²) in [5.41, 5.74) is 2.64. The van der Waals surface area contributed by atoms with E-state index in [4.69, 9.17) is 11.6 Å². The molecule has 4 heteroatoms. The van der Waals surface area contributed by atoms with E-state index < -0.39 is 0 Å². The maximum atomic E-state index is 12.1. The molecule has 0 radical (unpaired) electrons. The van der Waals surface area contributed by atoms with E-state index in [1.54, 1.807) is 6.20 Å². The van der Waals surface area contributed by atoms with Gasteiger partial charge in [-0.25, -0.2) is 0 Å². The van der Waals surface area contributed by atoms with Crippen LogP contribution in [0.3, 0.4) is 0 Å². The first-order valence-electron chi connectivity index (χ1n) is 6.03. The lowest BCUT2D eigenvalue weighted by molar-refractivity contribution is 0.0990. The van der Waals surface area contributed by atoms with Crippen LogP contribution >= 0.6 is 11.6 Å². The van der Waals surface area contributed by atoms with Crippen molar-refractivity contribution in [2.75, 3.05) is 6.54 Å². The number of benzene rings is 1. The second-order valence-corrected chi connectivity index (χ2v) is 5.16. The van der Waals surface area contributed by atoms with E-state index in [9.17, 15) is 4.79 Å². The van der Waals surface area contributed by atoms with Crippen molar-refractivity contribution in [3.8, 4) is 0 Å². The predicted molar refractivity (Wildman–Crippen MR) is 75.5 cm³/mol. The number of hydrogen-bond donors (Lipinski definition) is 2. The van der Waals surface area contributed by atoms with Gasteiger partial charge in [0.1, 0.15) is 0 Å². The molecule has 18 heavy (non-hydrogen) atoms. The first kappa shape index (κ1) is 13.1. The molecular formula is C14H17ClN2O. The Labute approximate surface area is 112 Å². The van der Waals surface area contributed by atoms with E-state index in [0.717, 1.165) is 22.0 Å². The molecule has 1 aromatic heterocycles. The van der Waals surface area contributed by atoms with E-state index >= 15 is 0 Å². The molecule has 0 amide bonds. The van der Waals surface area contributed by atoms with Crippen molar-refractivity contribution in [3.63, 3.8) is 0 Å². The summed E-state index contributed by atoms with van der Waals surface area (Å²) in [7, 11) is 0. The number of Topliss-reactive ketones (excluding diaryl/α,β-unsaturated/α-hetero) is 1. The lowest BCUT2D eigenvalue weighted by atomic mass is 10.1. The first-order chi connectivity index (χ1) is 8.50. The van der Waals surface area contributed by atoms with Gasteiger partial charge in [-0.1, -0.05) is 31.5 Å². The number of aromatic amines is 1. The van der Waals surface area contributed by atoms with Crippen molar-refractivity contribution in [2.45, 2.75) is 26.8 Å². The standard InChI is InChI=1S/C14H17ClN2O/c1-8(2)16-7-13(18)11-6-17-14-9(3)12(15)5-4-10(11)14/h4-6,8,16-17H,7H2,1-3H3. The Hall–Kier alpha value is -1.32. The second-order valence-electron chi connectivity index (χ2n) is 4.76. The minimum absolute atomic E-state index is 0.0941. The Morgan fingerprint density at radius 1 is 1.44 bits per heavy atom. The summed E-state index contributed by atoms with van der Waals surface area (Å²) in [6.07, 6.45) is 1.76. The Morgan fingerprint density at radius 3 is 2.83 bits per heavy atom. The Balaban J connectivity index is 2.35. The van der Waals surface area contributed by atoms with E-state index in [1.807, 2.05) is 32.9 Å². The lowest BCUT2D eigenvalue weighted by Crippen LogP contribution is -2.29. The van der Waals surface area contributed by atoms with Gasteiger partial charge in [-0.3, -0.25) is 4.79 Å². The van der Waals surface area contributed by atoms with Crippen LogP contribution in [0.25, 0.3) is 10.9 Å². The number of aromatic nitrogens is 1. The molecule has 2 aromatic rings. The molecular weight excluding hydrogens is 248 g/mol. The average molecular weight is 265 g/mol. The van der Waals surface area contributed by atoms with Gasteiger partial charge in [-0.05, 0) is 18.6 Å². The number of fused-ring (bicyclic) bond motifs is 1. The summed E-state index contributed by atoms with van der Waals surface area (Å²) >= 11 is 6.06. The van der Waals surface area contributed by atoms with Crippen LogP contribution in [0, 0.1) is 6.92 Å². The fraction of sp³-hybridized carbons (Fsp3) is 0.357. The van der Waals surface area contributed by atoms with Crippen LogP contribution in [-0.4, -0.2) is 23.4 Å². The zero-order valence-electron chi connectivity index (χ0n) is 10.8. The zero-order chi connectivity index (χ0) is 13.3. The van der Waals surface area contributed by atoms with Crippen molar-refractivity contribution in [1.82, 2.24) is 10.3 Å². The summed E-state index contributed by atoms with van der Waals surface area (Å²) in [6, 6.07) is 4.03. The molecule has 0 spiro atoms. The fourth-order valence-electron chi connectivity index (χ4n) is 1.94. The van der Waals surface area contributed by atoms with Crippen LogP contribution in [0.2, 0.25) is 5.02 Å². The van der Waals surface area contributed by atoms with Gasteiger partial charge in [0.25, 0.3) is 0 Å². The van der Waals surface area contributed by atoms with Gasteiger partial charge in [0.05, 0.1) is 12.1 Å². The van der Waals surface area contributed by atoms with Crippen molar-refractivity contribution in [3.05, 3.63) is 34.5 Å². The van der Waals surface area contributed by atoms with E-state index in [2.05, 4.69) is 10.3 Å². The fourth-order valence-corrected chi connectivity index (χ4v) is 2.10. The highest BCUT2D eigenvalue weighted by molar-refractivity contribution is 6.32. The predicted octanol–water partition coefficient (Wildman–Crippen LogP) is 3.31. The Kier molecular flexibility index (Phi) is 3.73. The number of nitrogens with one attached hydrogen (secondary N) is 2. The normalized spacial score (nSPS) is 11.4. The largest absolute Gasteiger partial charge is 0.360 e. The molecule has 0 aliphatic carbocycles. The minimum atomic E-state index is 0.0941. The summed E-state index contributed by atoms with van der Waals surface area (Å²) < 4.78 is 0. The molecule has 2 N–H and O–H groups in total. The third kappa shape index (κ3) is 2.42. The summed E-state index contributed by atoms with van der Waals surface area (Å²) in [5.74, 6) is 0.0941. The summed E-state index contributed by atoms with van der Waals surface area (Å²) in [6.45, 7) is 6.34. The number of carbonyl (C=O) groups excluding carboxylic acids is 1. The highest BCUT2D eigenvalue weighted by Crippen LogP contribution is 2.27. The molecule has 0 aliphatic heterocycles. The summed E-state index contributed by atoms with van der Waals surface area (Å²) in [4.78, 5) is 15.2. The Bertz CT molecular complexity index is 587. The molecule has 96 valence electrons. The minimum Gasteiger partial charge on any atom is -0.360 e. The smallest absolute Gasteiger partial charge is 0.178 e. The van der Waals surface area contributed by atoms with Crippen molar-refractivity contribution in [2.24, 2.45) is 0 Å². The molecule has 0 aliphatic rings. The van der Waals surface area contributed by atoms with Crippen LogP contribution in [0.5, 0.6) is 0 Å².